The van der Waals surface area contributed by atoms with Crippen molar-refractivity contribution < 1.29 is 41.1 Å². The zero-order valence-corrected chi connectivity index (χ0v) is 20.7. The number of alkyl carbamates (subject to hydrolysis) is 1. The van der Waals surface area contributed by atoms with Gasteiger partial charge >= 0.3 is 6.09 Å². The summed E-state index contributed by atoms with van der Waals surface area (Å²) in [5.41, 5.74) is 1.06. The van der Waals surface area contributed by atoms with Crippen LogP contribution in [0.5, 0.6) is 0 Å². The molecule has 0 aromatic heterocycles. The summed E-state index contributed by atoms with van der Waals surface area (Å²) >= 11 is 0. The van der Waals surface area contributed by atoms with E-state index in [0.717, 1.165) is 23.8 Å². The van der Waals surface area contributed by atoms with Crippen LogP contribution in [0, 0.1) is 18.6 Å². The lowest BCUT2D eigenvalue weighted by atomic mass is 9.97. The molecule has 0 unspecified atom stereocenters. The second kappa shape index (κ2) is 12.7. The Morgan fingerprint density at radius 3 is 2.35 bits per heavy atom. The van der Waals surface area contributed by atoms with E-state index in [2.05, 4.69) is 5.32 Å². The zero-order chi connectivity index (χ0) is 27.0. The van der Waals surface area contributed by atoms with E-state index in [4.69, 9.17) is 8.92 Å². The first-order chi connectivity index (χ1) is 17.5. The highest BCUT2D eigenvalue weighted by molar-refractivity contribution is 7.86. The molecule has 0 aliphatic carbocycles. The third kappa shape index (κ3) is 8.32. The number of hydrogen-bond acceptors (Lipinski definition) is 7. The SMILES string of the molecule is Cc1ccc(S(=O)(=O)OC[C@@H](O)C[C@H](NC(=O)OCc2ccccc2)[C@H](O)c2cc(F)ccc2F)cc1. The molecule has 11 heteroatoms. The quantitative estimate of drug-likeness (QED) is 0.320. The molecule has 3 aromatic rings. The van der Waals surface area contributed by atoms with Crippen LogP contribution in [0.15, 0.2) is 77.7 Å². The number of rotatable bonds is 11. The fourth-order valence-corrected chi connectivity index (χ4v) is 4.38. The minimum atomic E-state index is -4.20. The Morgan fingerprint density at radius 1 is 1.00 bits per heavy atom. The van der Waals surface area contributed by atoms with E-state index < -0.39 is 64.7 Å². The third-order valence-corrected chi connectivity index (χ3v) is 6.72. The van der Waals surface area contributed by atoms with Gasteiger partial charge in [-0.1, -0.05) is 48.0 Å². The Hall–Kier alpha value is -3.38. The van der Waals surface area contributed by atoms with Gasteiger partial charge in [0.2, 0.25) is 0 Å². The van der Waals surface area contributed by atoms with Crippen molar-refractivity contribution in [2.45, 2.75) is 43.1 Å². The van der Waals surface area contributed by atoms with Crippen LogP contribution in [0.4, 0.5) is 13.6 Å². The topological polar surface area (TPSA) is 122 Å². The monoisotopic (exact) mass is 535 g/mol. The van der Waals surface area contributed by atoms with E-state index >= 15 is 0 Å². The smallest absolute Gasteiger partial charge is 0.407 e. The average molecular weight is 536 g/mol. The van der Waals surface area contributed by atoms with Crippen molar-refractivity contribution in [2.24, 2.45) is 0 Å². The van der Waals surface area contributed by atoms with Crippen molar-refractivity contribution in [1.29, 1.82) is 0 Å². The lowest BCUT2D eigenvalue weighted by Gasteiger charge is -2.26. The van der Waals surface area contributed by atoms with E-state index in [9.17, 15) is 32.2 Å². The highest BCUT2D eigenvalue weighted by atomic mass is 32.2. The summed E-state index contributed by atoms with van der Waals surface area (Å²) in [6, 6.07) is 15.6. The van der Waals surface area contributed by atoms with Gasteiger partial charge in [-0.3, -0.25) is 4.18 Å². The molecule has 37 heavy (non-hydrogen) atoms. The Morgan fingerprint density at radius 2 is 1.68 bits per heavy atom. The van der Waals surface area contributed by atoms with Gasteiger partial charge in [-0.25, -0.2) is 13.6 Å². The van der Waals surface area contributed by atoms with E-state index in [-0.39, 0.29) is 11.5 Å². The molecule has 198 valence electrons. The van der Waals surface area contributed by atoms with E-state index in [0.29, 0.717) is 5.56 Å². The minimum absolute atomic E-state index is 0.107. The molecule has 3 N–H and O–H groups in total. The highest BCUT2D eigenvalue weighted by Crippen LogP contribution is 2.25. The van der Waals surface area contributed by atoms with E-state index in [1.54, 1.807) is 49.4 Å². The maximum atomic E-state index is 14.3. The minimum Gasteiger partial charge on any atom is -0.445 e. The van der Waals surface area contributed by atoms with Gasteiger partial charge in [-0.2, -0.15) is 8.42 Å². The van der Waals surface area contributed by atoms with Crippen LogP contribution in [-0.4, -0.2) is 43.5 Å². The largest absolute Gasteiger partial charge is 0.445 e. The molecule has 3 aromatic carbocycles. The van der Waals surface area contributed by atoms with Crippen LogP contribution >= 0.6 is 0 Å². The van der Waals surface area contributed by atoms with Crippen molar-refractivity contribution in [1.82, 2.24) is 5.32 Å². The lowest BCUT2D eigenvalue weighted by molar-refractivity contribution is 0.0505. The summed E-state index contributed by atoms with van der Waals surface area (Å²) in [4.78, 5) is 12.3. The normalized spacial score (nSPS) is 14.0. The number of aliphatic hydroxyl groups excluding tert-OH is 2. The standard InChI is InChI=1S/C26H27F2NO7S/c1-17-7-10-21(11-8-17)37(33,34)36-16-20(30)14-24(25(31)22-13-19(27)9-12-23(22)28)29-26(32)35-15-18-5-3-2-4-6-18/h2-13,20,24-25,30-31H,14-16H2,1H3,(H,29,32)/t20-,24-,25+/m0/s1. The number of carbonyl (C=O) groups excluding carboxylic acids is 1. The van der Waals surface area contributed by atoms with Crippen molar-refractivity contribution in [3.63, 3.8) is 0 Å². The molecule has 3 atom stereocenters. The van der Waals surface area contributed by atoms with E-state index in [1.807, 2.05) is 0 Å². The Labute approximate surface area is 213 Å². The number of aliphatic hydroxyl groups is 2. The molecule has 0 aliphatic rings. The van der Waals surface area contributed by atoms with Crippen LogP contribution in [0.1, 0.15) is 29.2 Å². The molecule has 0 fully saturated rings. The maximum absolute atomic E-state index is 14.3. The molecule has 0 saturated heterocycles. The van der Waals surface area contributed by atoms with Crippen molar-refractivity contribution in [2.75, 3.05) is 6.61 Å². The first-order valence-corrected chi connectivity index (χ1v) is 12.7. The van der Waals surface area contributed by atoms with Crippen LogP contribution < -0.4 is 5.32 Å². The first-order valence-electron chi connectivity index (χ1n) is 11.3. The predicted octanol–water partition coefficient (Wildman–Crippen LogP) is 3.76. The number of ether oxygens (including phenoxy) is 1. The molecule has 0 saturated carbocycles. The van der Waals surface area contributed by atoms with Gasteiger partial charge in [0.15, 0.2) is 0 Å². The zero-order valence-electron chi connectivity index (χ0n) is 19.9. The highest BCUT2D eigenvalue weighted by Gasteiger charge is 2.29. The molecule has 8 nitrogen and oxygen atoms in total. The summed E-state index contributed by atoms with van der Waals surface area (Å²) in [6.07, 6.45) is -4.79. The van der Waals surface area contributed by atoms with Gasteiger partial charge in [0.25, 0.3) is 10.1 Å². The number of hydrogen-bond donors (Lipinski definition) is 3. The molecule has 0 spiro atoms. The number of aryl methyl sites for hydroxylation is 1. The second-order valence-corrected chi connectivity index (χ2v) is 9.98. The Bertz CT molecular complexity index is 1290. The third-order valence-electron chi connectivity index (χ3n) is 5.43. The van der Waals surface area contributed by atoms with Crippen LogP contribution in [-0.2, 0) is 25.6 Å². The molecule has 1 amide bonds. The molecular weight excluding hydrogens is 508 g/mol. The summed E-state index contributed by atoms with van der Waals surface area (Å²) in [5, 5.41) is 23.5. The summed E-state index contributed by atoms with van der Waals surface area (Å²) in [5.74, 6) is -1.76. The van der Waals surface area contributed by atoms with Gasteiger partial charge < -0.3 is 20.3 Å². The summed E-state index contributed by atoms with van der Waals surface area (Å²) < 4.78 is 62.9. The fourth-order valence-electron chi connectivity index (χ4n) is 3.44. The predicted molar refractivity (Wildman–Crippen MR) is 130 cm³/mol. The fraction of sp³-hybridized carbons (Fsp3) is 0.269. The molecule has 0 radical (unpaired) electrons. The van der Waals surface area contributed by atoms with Crippen molar-refractivity contribution >= 4 is 16.2 Å². The molecule has 3 rings (SSSR count). The van der Waals surface area contributed by atoms with Gasteiger partial charge in [-0.15, -0.1) is 0 Å². The molecular formula is C26H27F2NO7S. The number of benzene rings is 3. The van der Waals surface area contributed by atoms with Gasteiger partial charge in [0.1, 0.15) is 24.3 Å². The second-order valence-electron chi connectivity index (χ2n) is 8.36. The molecule has 0 aliphatic heterocycles. The Kier molecular flexibility index (Phi) is 9.70. The van der Waals surface area contributed by atoms with Crippen LogP contribution in [0.2, 0.25) is 0 Å². The molecule has 0 bridgehead atoms. The number of halogens is 2. The lowest BCUT2D eigenvalue weighted by Crippen LogP contribution is -2.43. The number of nitrogens with one attached hydrogen (secondary N) is 1. The van der Waals surface area contributed by atoms with Gasteiger partial charge in [-0.05, 0) is 49.2 Å². The first kappa shape index (κ1) is 28.2. The van der Waals surface area contributed by atoms with E-state index in [1.165, 1.54) is 12.1 Å². The summed E-state index contributed by atoms with van der Waals surface area (Å²) in [7, 11) is -4.20. The number of amides is 1. The van der Waals surface area contributed by atoms with Crippen molar-refractivity contribution in [3.8, 4) is 0 Å². The molecule has 0 heterocycles. The van der Waals surface area contributed by atoms with Gasteiger partial charge in [0.05, 0.1) is 23.6 Å². The van der Waals surface area contributed by atoms with Crippen LogP contribution in [0.3, 0.4) is 0 Å². The average Bonchev–Trinajstić information content (AvgIpc) is 2.88. The Balaban J connectivity index is 1.70. The maximum Gasteiger partial charge on any atom is 0.407 e. The van der Waals surface area contributed by atoms with Crippen molar-refractivity contribution in [3.05, 3.63) is 101 Å². The van der Waals surface area contributed by atoms with Crippen LogP contribution in [0.25, 0.3) is 0 Å². The van der Waals surface area contributed by atoms with Gasteiger partial charge in [0, 0.05) is 5.56 Å². The summed E-state index contributed by atoms with van der Waals surface area (Å²) in [6.45, 7) is 0.960. The number of carbonyl (C=O) groups is 1.